The molecular weight excluding hydrogens is 419 g/mol. The van der Waals surface area contributed by atoms with Crippen molar-refractivity contribution in [1.29, 1.82) is 0 Å². The van der Waals surface area contributed by atoms with Gasteiger partial charge in [-0.25, -0.2) is 18.9 Å². The van der Waals surface area contributed by atoms with Crippen LogP contribution in [0.3, 0.4) is 0 Å². The third kappa shape index (κ3) is 3.31. The molecule has 1 amide bonds. The summed E-state index contributed by atoms with van der Waals surface area (Å²) in [5.41, 5.74) is 0.990. The molecule has 0 aliphatic carbocycles. The van der Waals surface area contributed by atoms with Gasteiger partial charge in [-0.1, -0.05) is 0 Å². The molecule has 136 valence electrons. The molecule has 0 atom stereocenters. The molecular formula is C17H12BrFN6O2. The maximum absolute atomic E-state index is 14.3. The first-order valence-corrected chi connectivity index (χ1v) is 8.63. The molecule has 8 nitrogen and oxygen atoms in total. The normalized spacial score (nSPS) is 11.1. The Morgan fingerprint density at radius 1 is 1.30 bits per heavy atom. The van der Waals surface area contributed by atoms with E-state index in [1.165, 1.54) is 22.7 Å². The van der Waals surface area contributed by atoms with Crippen molar-refractivity contribution in [2.75, 3.05) is 5.32 Å². The Kier molecular flexibility index (Phi) is 4.19. The summed E-state index contributed by atoms with van der Waals surface area (Å²) in [5.74, 6) is -0.00662. The lowest BCUT2D eigenvalue weighted by atomic mass is 10.1. The molecule has 3 heterocycles. The van der Waals surface area contributed by atoms with Crippen molar-refractivity contribution < 1.29 is 13.6 Å². The maximum Gasteiger partial charge on any atom is 0.293 e. The van der Waals surface area contributed by atoms with Gasteiger partial charge in [0, 0.05) is 25.0 Å². The number of rotatable bonds is 3. The number of fused-ring (bicyclic) bond motifs is 1. The molecule has 1 aromatic carbocycles. The molecule has 4 rings (SSSR count). The average molecular weight is 431 g/mol. The second-order valence-electron chi connectivity index (χ2n) is 5.75. The van der Waals surface area contributed by atoms with Gasteiger partial charge in [0.2, 0.25) is 5.76 Å². The van der Waals surface area contributed by atoms with Crippen LogP contribution in [0.5, 0.6) is 0 Å². The van der Waals surface area contributed by atoms with E-state index in [1.807, 2.05) is 0 Å². The number of halogens is 2. The zero-order valence-electron chi connectivity index (χ0n) is 14.2. The Bertz CT molecular complexity index is 1190. The van der Waals surface area contributed by atoms with Crippen molar-refractivity contribution >= 4 is 33.3 Å². The molecule has 0 bridgehead atoms. The van der Waals surface area contributed by atoms with Crippen LogP contribution in [0.4, 0.5) is 10.1 Å². The second-order valence-corrected chi connectivity index (χ2v) is 6.66. The Labute approximate surface area is 160 Å². The van der Waals surface area contributed by atoms with Gasteiger partial charge >= 0.3 is 0 Å². The van der Waals surface area contributed by atoms with Crippen LogP contribution in [0, 0.1) is 19.7 Å². The number of aryl methyl sites for hydroxylation is 2. The zero-order chi connectivity index (χ0) is 19.1. The summed E-state index contributed by atoms with van der Waals surface area (Å²) < 4.78 is 21.8. The molecule has 3 aromatic heterocycles. The van der Waals surface area contributed by atoms with E-state index in [0.29, 0.717) is 27.5 Å². The first-order chi connectivity index (χ1) is 12.9. The van der Waals surface area contributed by atoms with Crippen molar-refractivity contribution in [3.8, 4) is 11.4 Å². The summed E-state index contributed by atoms with van der Waals surface area (Å²) in [6.07, 6.45) is 3.24. The van der Waals surface area contributed by atoms with Crippen LogP contribution in [0.1, 0.15) is 22.1 Å². The van der Waals surface area contributed by atoms with Gasteiger partial charge < -0.3 is 9.73 Å². The van der Waals surface area contributed by atoms with Crippen LogP contribution in [0.2, 0.25) is 0 Å². The first-order valence-electron chi connectivity index (χ1n) is 7.84. The lowest BCUT2D eigenvalue weighted by molar-refractivity contribution is 0.0994. The number of carbonyl (C=O) groups is 1. The monoisotopic (exact) mass is 430 g/mol. The molecule has 10 heteroatoms. The molecule has 0 aliphatic rings. The SMILES string of the molecule is Cc1nc(C)c(C(=O)Nc2ccc(F)c(-c3nc4ncc(Br)cn4n3)c2)o1. The fourth-order valence-corrected chi connectivity index (χ4v) is 2.87. The molecule has 0 unspecified atom stereocenters. The number of oxazole rings is 1. The molecule has 0 aliphatic heterocycles. The van der Waals surface area contributed by atoms with Crippen LogP contribution in [-0.2, 0) is 0 Å². The van der Waals surface area contributed by atoms with Gasteiger partial charge in [-0.2, -0.15) is 4.98 Å². The fourth-order valence-electron chi connectivity index (χ4n) is 2.58. The Morgan fingerprint density at radius 3 is 2.85 bits per heavy atom. The van der Waals surface area contributed by atoms with E-state index in [2.05, 4.69) is 41.3 Å². The zero-order valence-corrected chi connectivity index (χ0v) is 15.8. The van der Waals surface area contributed by atoms with Gasteiger partial charge in [-0.15, -0.1) is 5.10 Å². The van der Waals surface area contributed by atoms with Gasteiger partial charge in [-0.05, 0) is 41.1 Å². The minimum absolute atomic E-state index is 0.110. The highest BCUT2D eigenvalue weighted by molar-refractivity contribution is 9.10. The van der Waals surface area contributed by atoms with Gasteiger partial charge in [0.25, 0.3) is 11.7 Å². The van der Waals surface area contributed by atoms with Crippen LogP contribution >= 0.6 is 15.9 Å². The van der Waals surface area contributed by atoms with Crippen molar-refractivity contribution in [2.24, 2.45) is 0 Å². The number of amides is 1. The van der Waals surface area contributed by atoms with Crippen molar-refractivity contribution in [1.82, 2.24) is 24.6 Å². The number of hydrogen-bond donors (Lipinski definition) is 1. The third-order valence-corrected chi connectivity index (χ3v) is 4.15. The predicted molar refractivity (Wildman–Crippen MR) is 97.8 cm³/mol. The van der Waals surface area contributed by atoms with E-state index < -0.39 is 11.7 Å². The third-order valence-electron chi connectivity index (χ3n) is 3.74. The highest BCUT2D eigenvalue weighted by Gasteiger charge is 2.18. The molecule has 0 radical (unpaired) electrons. The second kappa shape index (κ2) is 6.54. The average Bonchev–Trinajstić information content (AvgIpc) is 3.18. The Morgan fingerprint density at radius 2 is 2.11 bits per heavy atom. The number of hydrogen-bond acceptors (Lipinski definition) is 6. The molecule has 0 spiro atoms. The highest BCUT2D eigenvalue weighted by atomic mass is 79.9. The number of nitrogens with zero attached hydrogens (tertiary/aromatic N) is 5. The van der Waals surface area contributed by atoms with Crippen LogP contribution in [-0.4, -0.2) is 30.5 Å². The predicted octanol–water partition coefficient (Wildman–Crippen LogP) is 3.55. The van der Waals surface area contributed by atoms with Crippen molar-refractivity contribution in [2.45, 2.75) is 13.8 Å². The van der Waals surface area contributed by atoms with E-state index >= 15 is 0 Å². The Balaban J connectivity index is 1.68. The molecule has 0 fully saturated rings. The van der Waals surface area contributed by atoms with Gasteiger partial charge in [0.05, 0.1) is 15.7 Å². The first kappa shape index (κ1) is 17.3. The lowest BCUT2D eigenvalue weighted by Gasteiger charge is -2.06. The van der Waals surface area contributed by atoms with Gasteiger partial charge in [-0.3, -0.25) is 4.79 Å². The number of aromatic nitrogens is 5. The van der Waals surface area contributed by atoms with Gasteiger partial charge in [0.15, 0.2) is 11.7 Å². The number of anilines is 1. The van der Waals surface area contributed by atoms with E-state index in [1.54, 1.807) is 26.2 Å². The fraction of sp³-hybridized carbons (Fsp3) is 0.118. The van der Waals surface area contributed by atoms with E-state index in [-0.39, 0.29) is 17.1 Å². The smallest absolute Gasteiger partial charge is 0.293 e. The molecule has 1 N–H and O–H groups in total. The largest absolute Gasteiger partial charge is 0.436 e. The molecule has 0 saturated heterocycles. The molecule has 27 heavy (non-hydrogen) atoms. The van der Waals surface area contributed by atoms with Crippen molar-refractivity contribution in [3.63, 3.8) is 0 Å². The van der Waals surface area contributed by atoms with Crippen LogP contribution < -0.4 is 5.32 Å². The van der Waals surface area contributed by atoms with E-state index in [9.17, 15) is 9.18 Å². The summed E-state index contributed by atoms with van der Waals surface area (Å²) in [5, 5.41) is 6.90. The lowest BCUT2D eigenvalue weighted by Crippen LogP contribution is -2.12. The summed E-state index contributed by atoms with van der Waals surface area (Å²) in [7, 11) is 0. The molecule has 4 aromatic rings. The minimum atomic E-state index is -0.519. The van der Waals surface area contributed by atoms with E-state index in [0.717, 1.165) is 0 Å². The van der Waals surface area contributed by atoms with Crippen molar-refractivity contribution in [3.05, 3.63) is 58.2 Å². The standard InChI is InChI=1S/C17H12BrFN6O2/c1-8-14(27-9(2)21-8)16(26)22-11-3-4-13(19)12(5-11)15-23-17-20-6-10(18)7-25(17)24-15/h3-7H,1-2H3,(H,22,26). The summed E-state index contributed by atoms with van der Waals surface area (Å²) in [6, 6.07) is 4.13. The number of carbonyl (C=O) groups excluding carboxylic acids is 1. The summed E-state index contributed by atoms with van der Waals surface area (Å²) in [4.78, 5) is 24.8. The van der Waals surface area contributed by atoms with E-state index in [4.69, 9.17) is 4.42 Å². The molecule has 0 saturated carbocycles. The quantitative estimate of drug-likeness (QED) is 0.533. The number of benzene rings is 1. The Hall–Kier alpha value is -3.14. The maximum atomic E-state index is 14.3. The minimum Gasteiger partial charge on any atom is -0.436 e. The van der Waals surface area contributed by atoms with Crippen LogP contribution in [0.15, 0.2) is 39.5 Å². The van der Waals surface area contributed by atoms with Crippen LogP contribution in [0.25, 0.3) is 17.2 Å². The summed E-state index contributed by atoms with van der Waals surface area (Å²) >= 11 is 3.29. The number of nitrogens with one attached hydrogen (secondary N) is 1. The topological polar surface area (TPSA) is 98.2 Å². The summed E-state index contributed by atoms with van der Waals surface area (Å²) in [6.45, 7) is 3.33. The van der Waals surface area contributed by atoms with Gasteiger partial charge in [0.1, 0.15) is 5.82 Å². The highest BCUT2D eigenvalue weighted by Crippen LogP contribution is 2.25.